The Labute approximate surface area is 278 Å². The van der Waals surface area contributed by atoms with E-state index in [1.54, 1.807) is 0 Å². The van der Waals surface area contributed by atoms with Crippen LogP contribution in [0.15, 0.2) is 182 Å². The molecule has 0 amide bonds. The van der Waals surface area contributed by atoms with Crippen LogP contribution in [0.5, 0.6) is 0 Å². The minimum Gasteiger partial charge on any atom is -0.135 e. The summed E-state index contributed by atoms with van der Waals surface area (Å²) in [7, 11) is 0. The maximum atomic E-state index is 2.39. The van der Waals surface area contributed by atoms with Gasteiger partial charge in [0.25, 0.3) is 0 Å². The van der Waals surface area contributed by atoms with E-state index in [0.29, 0.717) is 0 Å². The van der Waals surface area contributed by atoms with E-state index in [0.717, 1.165) is 0 Å². The van der Waals surface area contributed by atoms with E-state index < -0.39 is 0 Å². The number of hydrogen-bond acceptors (Lipinski definition) is 1. The van der Waals surface area contributed by atoms with E-state index in [4.69, 9.17) is 0 Å². The van der Waals surface area contributed by atoms with Gasteiger partial charge in [0.05, 0.1) is 0 Å². The molecule has 0 saturated carbocycles. The van der Waals surface area contributed by atoms with Crippen molar-refractivity contribution in [2.75, 3.05) is 0 Å². The van der Waals surface area contributed by atoms with Gasteiger partial charge in [0, 0.05) is 15.3 Å². The highest BCUT2D eigenvalue weighted by Crippen LogP contribution is 2.47. The molecule has 0 radical (unpaired) electrons. The number of rotatable bonds is 5. The first kappa shape index (κ1) is 27.5. The summed E-state index contributed by atoms with van der Waals surface area (Å²) in [6.45, 7) is 0. The highest BCUT2D eigenvalue weighted by atomic mass is 32.1. The Morgan fingerprint density at radius 3 is 1.47 bits per heavy atom. The van der Waals surface area contributed by atoms with Crippen molar-refractivity contribution in [1.29, 1.82) is 0 Å². The molecule has 0 aliphatic heterocycles. The van der Waals surface area contributed by atoms with Crippen LogP contribution in [-0.2, 0) is 0 Å². The third-order valence-electron chi connectivity index (χ3n) is 9.28. The van der Waals surface area contributed by atoms with Crippen molar-refractivity contribution in [2.24, 2.45) is 0 Å². The summed E-state index contributed by atoms with van der Waals surface area (Å²) in [5.74, 6) is 0. The highest BCUT2D eigenvalue weighted by molar-refractivity contribution is 7.19. The lowest BCUT2D eigenvalue weighted by molar-refractivity contribution is 1.64. The number of benzene rings is 8. The van der Waals surface area contributed by atoms with Crippen molar-refractivity contribution in [2.45, 2.75) is 0 Å². The molecule has 8 aromatic carbocycles. The fraction of sp³-hybridized carbons (Fsp3) is 0. The molecule has 9 aromatic rings. The molecule has 1 heteroatoms. The molecule has 1 aromatic heterocycles. The second kappa shape index (κ2) is 11.6. The van der Waals surface area contributed by atoms with E-state index in [1.165, 1.54) is 86.6 Å². The zero-order valence-electron chi connectivity index (χ0n) is 25.7. The first-order valence-corrected chi connectivity index (χ1v) is 16.9. The molecule has 0 aliphatic carbocycles. The average molecular weight is 615 g/mol. The SMILES string of the molecule is c1ccc(-c2cc(-c3cccc(-c4c5ccccc5c(-c5cccc6ccccc56)c5ccccc45)c3)sc2-c2ccccc2)cc1. The summed E-state index contributed by atoms with van der Waals surface area (Å²) in [5.41, 5.74) is 10.1. The molecule has 0 N–H and O–H groups in total. The van der Waals surface area contributed by atoms with Crippen LogP contribution in [0.3, 0.4) is 0 Å². The summed E-state index contributed by atoms with van der Waals surface area (Å²) in [6, 6.07) is 66.3. The van der Waals surface area contributed by atoms with Crippen molar-refractivity contribution in [3.8, 4) is 54.3 Å². The van der Waals surface area contributed by atoms with Gasteiger partial charge in [0.15, 0.2) is 0 Å². The van der Waals surface area contributed by atoms with Crippen molar-refractivity contribution in [1.82, 2.24) is 0 Å². The fourth-order valence-corrected chi connectivity index (χ4v) is 8.35. The summed E-state index contributed by atoms with van der Waals surface area (Å²) < 4.78 is 0. The molecule has 47 heavy (non-hydrogen) atoms. The molecule has 0 fully saturated rings. The smallest absolute Gasteiger partial charge is 0.0427 e. The minimum absolute atomic E-state index is 1.23. The van der Waals surface area contributed by atoms with Crippen molar-refractivity contribution >= 4 is 43.7 Å². The predicted octanol–water partition coefficient (Wildman–Crippen LogP) is 13.5. The molecule has 1 heterocycles. The first-order chi connectivity index (χ1) is 23.3. The lowest BCUT2D eigenvalue weighted by Crippen LogP contribution is -1.91. The maximum Gasteiger partial charge on any atom is 0.0427 e. The topological polar surface area (TPSA) is 0 Å². The third kappa shape index (κ3) is 4.76. The monoisotopic (exact) mass is 614 g/mol. The average Bonchev–Trinajstić information content (AvgIpc) is 3.60. The number of hydrogen-bond donors (Lipinski definition) is 0. The normalized spacial score (nSPS) is 11.4. The lowest BCUT2D eigenvalue weighted by Gasteiger charge is -2.19. The van der Waals surface area contributed by atoms with Crippen LogP contribution in [0.25, 0.3) is 86.6 Å². The molecule has 220 valence electrons. The Morgan fingerprint density at radius 2 is 0.787 bits per heavy atom. The van der Waals surface area contributed by atoms with Crippen LogP contribution in [0.2, 0.25) is 0 Å². The number of thiophene rings is 1. The predicted molar refractivity (Wildman–Crippen MR) is 204 cm³/mol. The van der Waals surface area contributed by atoms with Crippen molar-refractivity contribution < 1.29 is 0 Å². The Morgan fingerprint density at radius 1 is 0.298 bits per heavy atom. The molecular weight excluding hydrogens is 585 g/mol. The standard InChI is InChI=1S/C46H30S/c1-3-15-32(16-4-1)42-30-43(47-46(42)33-18-5-2-6-19-33)34-21-13-22-35(29-34)44-38-24-9-11-26-40(38)45(41-27-12-10-25-39(41)44)37-28-14-20-31-17-7-8-23-36(31)37/h1-30H. The number of fused-ring (bicyclic) bond motifs is 3. The van der Waals surface area contributed by atoms with Crippen LogP contribution in [0, 0.1) is 0 Å². The minimum atomic E-state index is 1.23. The van der Waals surface area contributed by atoms with Crippen molar-refractivity contribution in [3.05, 3.63) is 182 Å². The molecule has 0 aliphatic rings. The van der Waals surface area contributed by atoms with E-state index in [9.17, 15) is 0 Å². The van der Waals surface area contributed by atoms with E-state index in [1.807, 2.05) is 11.3 Å². The molecule has 0 bridgehead atoms. The van der Waals surface area contributed by atoms with Gasteiger partial charge in [-0.3, -0.25) is 0 Å². The van der Waals surface area contributed by atoms with Crippen LogP contribution in [0.4, 0.5) is 0 Å². The molecule has 0 spiro atoms. The van der Waals surface area contributed by atoms with E-state index in [2.05, 4.69) is 182 Å². The van der Waals surface area contributed by atoms with Gasteiger partial charge in [-0.25, -0.2) is 0 Å². The second-order valence-electron chi connectivity index (χ2n) is 12.0. The zero-order valence-corrected chi connectivity index (χ0v) is 26.5. The molecule has 9 rings (SSSR count). The molecule has 0 unspecified atom stereocenters. The summed E-state index contributed by atoms with van der Waals surface area (Å²) in [5, 5.41) is 7.63. The van der Waals surface area contributed by atoms with Crippen LogP contribution in [-0.4, -0.2) is 0 Å². The summed E-state index contributed by atoms with van der Waals surface area (Å²) >= 11 is 1.87. The van der Waals surface area contributed by atoms with Gasteiger partial charge in [0.2, 0.25) is 0 Å². The van der Waals surface area contributed by atoms with Gasteiger partial charge in [-0.05, 0) is 83.4 Å². The second-order valence-corrected chi connectivity index (χ2v) is 13.1. The molecule has 0 saturated heterocycles. The van der Waals surface area contributed by atoms with Gasteiger partial charge >= 0.3 is 0 Å². The van der Waals surface area contributed by atoms with Crippen LogP contribution < -0.4 is 0 Å². The Kier molecular flexibility index (Phi) is 6.77. The van der Waals surface area contributed by atoms with Gasteiger partial charge < -0.3 is 0 Å². The van der Waals surface area contributed by atoms with Crippen LogP contribution in [0.1, 0.15) is 0 Å². The largest absolute Gasteiger partial charge is 0.135 e. The Balaban J connectivity index is 1.27. The maximum absolute atomic E-state index is 2.39. The fourth-order valence-electron chi connectivity index (χ4n) is 7.17. The van der Waals surface area contributed by atoms with E-state index >= 15 is 0 Å². The van der Waals surface area contributed by atoms with Gasteiger partial charge in [-0.15, -0.1) is 11.3 Å². The Bertz CT molecular complexity index is 2440. The highest BCUT2D eigenvalue weighted by Gasteiger charge is 2.19. The summed E-state index contributed by atoms with van der Waals surface area (Å²) in [4.78, 5) is 2.57. The third-order valence-corrected chi connectivity index (χ3v) is 10.5. The van der Waals surface area contributed by atoms with Gasteiger partial charge in [0.1, 0.15) is 0 Å². The summed E-state index contributed by atoms with van der Waals surface area (Å²) in [6.07, 6.45) is 0. The van der Waals surface area contributed by atoms with Crippen LogP contribution >= 0.6 is 11.3 Å². The molecular formula is C46H30S. The molecule has 0 nitrogen and oxygen atoms in total. The zero-order chi connectivity index (χ0) is 31.2. The molecule has 0 atom stereocenters. The van der Waals surface area contributed by atoms with Gasteiger partial charge in [-0.2, -0.15) is 0 Å². The van der Waals surface area contributed by atoms with Crippen molar-refractivity contribution in [3.63, 3.8) is 0 Å². The Hall–Kier alpha value is -5.76. The first-order valence-electron chi connectivity index (χ1n) is 16.1. The lowest BCUT2D eigenvalue weighted by atomic mass is 9.84. The van der Waals surface area contributed by atoms with E-state index in [-0.39, 0.29) is 0 Å². The van der Waals surface area contributed by atoms with Gasteiger partial charge in [-0.1, -0.05) is 170 Å². The quantitative estimate of drug-likeness (QED) is 0.169.